The Kier molecular flexibility index (Phi) is 5.35. The van der Waals surface area contributed by atoms with Crippen molar-refractivity contribution in [3.05, 3.63) is 11.6 Å². The molecule has 3 rings (SSSR count). The summed E-state index contributed by atoms with van der Waals surface area (Å²) in [6, 6.07) is 0. The van der Waals surface area contributed by atoms with Crippen molar-refractivity contribution < 1.29 is 9.47 Å². The molecule has 0 amide bonds. The molecule has 0 aromatic carbocycles. The van der Waals surface area contributed by atoms with Gasteiger partial charge in [-0.1, -0.05) is 0 Å². The van der Waals surface area contributed by atoms with Crippen LogP contribution < -0.4 is 5.32 Å². The van der Waals surface area contributed by atoms with E-state index in [1.165, 1.54) is 6.42 Å². The summed E-state index contributed by atoms with van der Waals surface area (Å²) in [4.78, 5) is 7.13. The van der Waals surface area contributed by atoms with Crippen LogP contribution in [0.25, 0.3) is 0 Å². The van der Waals surface area contributed by atoms with E-state index < -0.39 is 0 Å². The van der Waals surface area contributed by atoms with Gasteiger partial charge in [0.05, 0.1) is 13.2 Å². The Hall–Kier alpha value is -1.67. The topological polar surface area (TPSA) is 76.8 Å². The van der Waals surface area contributed by atoms with Crippen LogP contribution in [0.4, 0.5) is 0 Å². The molecule has 2 fully saturated rings. The van der Waals surface area contributed by atoms with Crippen LogP contribution in [0.3, 0.4) is 0 Å². The molecule has 0 saturated carbocycles. The summed E-state index contributed by atoms with van der Waals surface area (Å²) in [6.07, 6.45) is 2.32. The van der Waals surface area contributed by atoms with Crippen LogP contribution >= 0.6 is 0 Å². The molecule has 1 aromatic rings. The lowest BCUT2D eigenvalue weighted by Crippen LogP contribution is -2.42. The minimum absolute atomic E-state index is 0.311. The van der Waals surface area contributed by atoms with Gasteiger partial charge in [-0.05, 0) is 19.8 Å². The van der Waals surface area contributed by atoms with Crippen molar-refractivity contribution in [2.75, 3.05) is 46.6 Å². The normalized spacial score (nSPS) is 24.3. The molecule has 0 bridgehead atoms. The Morgan fingerprint density at radius 2 is 2.29 bits per heavy atom. The predicted molar refractivity (Wildman–Crippen MR) is 90.8 cm³/mol. The van der Waals surface area contributed by atoms with Crippen LogP contribution in [0.5, 0.6) is 0 Å². The zero-order chi connectivity index (χ0) is 17.0. The van der Waals surface area contributed by atoms with Gasteiger partial charge in [0.25, 0.3) is 0 Å². The molecule has 1 aromatic heterocycles. The summed E-state index contributed by atoms with van der Waals surface area (Å²) < 4.78 is 12.8. The van der Waals surface area contributed by atoms with Gasteiger partial charge in [-0.3, -0.25) is 0 Å². The maximum atomic E-state index is 5.63. The summed E-state index contributed by atoms with van der Waals surface area (Å²) in [5.74, 6) is 2.70. The average molecular weight is 336 g/mol. The van der Waals surface area contributed by atoms with Gasteiger partial charge < -0.3 is 24.3 Å². The van der Waals surface area contributed by atoms with Gasteiger partial charge in [0.2, 0.25) is 0 Å². The van der Waals surface area contributed by atoms with E-state index in [0.29, 0.717) is 18.6 Å². The summed E-state index contributed by atoms with van der Waals surface area (Å²) in [5.41, 5.74) is 0.311. The molecule has 1 spiro atoms. The molecular formula is C16H28N6O2. The van der Waals surface area contributed by atoms with Crippen molar-refractivity contribution in [2.24, 2.45) is 17.5 Å². The number of methoxy groups -OCH3 is 1. The Labute approximate surface area is 143 Å². The molecule has 8 heteroatoms. The number of aliphatic imine (C=N–C) groups is 1. The monoisotopic (exact) mass is 336 g/mol. The van der Waals surface area contributed by atoms with Gasteiger partial charge in [-0.2, -0.15) is 0 Å². The number of aromatic nitrogens is 3. The number of nitrogens with zero attached hydrogens (tertiary/aromatic N) is 5. The molecule has 3 heterocycles. The highest BCUT2D eigenvalue weighted by molar-refractivity contribution is 5.80. The fourth-order valence-corrected chi connectivity index (χ4v) is 3.35. The molecule has 2 aliphatic rings. The van der Waals surface area contributed by atoms with E-state index in [1.54, 1.807) is 7.11 Å². The zero-order valence-electron chi connectivity index (χ0n) is 14.9. The molecule has 2 saturated heterocycles. The Morgan fingerprint density at radius 1 is 1.42 bits per heavy atom. The summed E-state index contributed by atoms with van der Waals surface area (Å²) in [5, 5.41) is 11.7. The number of rotatable bonds is 5. The van der Waals surface area contributed by atoms with Crippen molar-refractivity contribution in [2.45, 2.75) is 26.3 Å². The van der Waals surface area contributed by atoms with Crippen LogP contribution in [-0.2, 0) is 23.1 Å². The third-order valence-corrected chi connectivity index (χ3v) is 5.07. The Balaban J connectivity index is 1.68. The lowest BCUT2D eigenvalue weighted by Gasteiger charge is -2.25. The molecule has 2 aliphatic heterocycles. The van der Waals surface area contributed by atoms with E-state index >= 15 is 0 Å². The second kappa shape index (κ2) is 7.48. The smallest absolute Gasteiger partial charge is 0.194 e. The first-order valence-corrected chi connectivity index (χ1v) is 8.58. The number of hydrogen-bond donors (Lipinski definition) is 1. The molecule has 0 aliphatic carbocycles. The van der Waals surface area contributed by atoms with Gasteiger partial charge in [0.15, 0.2) is 11.8 Å². The fourth-order valence-electron chi connectivity index (χ4n) is 3.35. The number of guanidine groups is 1. The van der Waals surface area contributed by atoms with Crippen molar-refractivity contribution >= 4 is 5.96 Å². The van der Waals surface area contributed by atoms with Crippen LogP contribution in [0.15, 0.2) is 4.99 Å². The van der Waals surface area contributed by atoms with Crippen LogP contribution in [0.2, 0.25) is 0 Å². The molecular weight excluding hydrogens is 308 g/mol. The van der Waals surface area contributed by atoms with E-state index in [4.69, 9.17) is 14.5 Å². The molecule has 134 valence electrons. The number of likely N-dealkylation sites (tertiary alicyclic amines) is 1. The third-order valence-electron chi connectivity index (χ3n) is 5.07. The average Bonchev–Trinajstić information content (AvgIpc) is 3.29. The minimum Gasteiger partial charge on any atom is -0.383 e. The molecule has 1 atom stereocenters. The van der Waals surface area contributed by atoms with Crippen molar-refractivity contribution in [3.8, 4) is 0 Å². The van der Waals surface area contributed by atoms with Crippen molar-refractivity contribution in [1.82, 2.24) is 25.0 Å². The van der Waals surface area contributed by atoms with Crippen LogP contribution in [0.1, 0.15) is 24.5 Å². The lowest BCUT2D eigenvalue weighted by molar-refractivity contribution is 0.156. The molecule has 1 N–H and O–H groups in total. The predicted octanol–water partition coefficient (Wildman–Crippen LogP) is 0.328. The first kappa shape index (κ1) is 17.2. The van der Waals surface area contributed by atoms with Crippen molar-refractivity contribution in [1.29, 1.82) is 0 Å². The van der Waals surface area contributed by atoms with E-state index in [2.05, 4.69) is 20.4 Å². The number of ether oxygens (including phenoxy) is 2. The summed E-state index contributed by atoms with van der Waals surface area (Å²) in [7, 11) is 3.68. The van der Waals surface area contributed by atoms with Gasteiger partial charge in [0.1, 0.15) is 12.4 Å². The van der Waals surface area contributed by atoms with E-state index in [1.807, 2.05) is 18.5 Å². The Bertz CT molecular complexity index is 579. The van der Waals surface area contributed by atoms with E-state index in [-0.39, 0.29) is 0 Å². The largest absolute Gasteiger partial charge is 0.383 e. The molecule has 8 nitrogen and oxygen atoms in total. The molecule has 0 radical (unpaired) electrons. The first-order valence-electron chi connectivity index (χ1n) is 8.58. The number of hydrogen-bond acceptors (Lipinski definition) is 5. The molecule has 1 unspecified atom stereocenters. The third kappa shape index (κ3) is 3.70. The second-order valence-electron chi connectivity index (χ2n) is 6.76. The highest BCUT2D eigenvalue weighted by atomic mass is 16.5. The van der Waals surface area contributed by atoms with Gasteiger partial charge in [-0.15, -0.1) is 10.2 Å². The summed E-state index contributed by atoms with van der Waals surface area (Å²) in [6.45, 7) is 7.64. The van der Waals surface area contributed by atoms with Gasteiger partial charge >= 0.3 is 0 Å². The highest BCUT2D eigenvalue weighted by Gasteiger charge is 2.42. The van der Waals surface area contributed by atoms with Gasteiger partial charge in [0, 0.05) is 45.8 Å². The first-order chi connectivity index (χ1) is 11.6. The quantitative estimate of drug-likeness (QED) is 0.474. The van der Waals surface area contributed by atoms with Crippen LogP contribution in [0, 0.1) is 12.3 Å². The fraction of sp³-hybridized carbons (Fsp3) is 0.812. The maximum Gasteiger partial charge on any atom is 0.194 e. The van der Waals surface area contributed by atoms with E-state index in [0.717, 1.165) is 56.9 Å². The van der Waals surface area contributed by atoms with Gasteiger partial charge in [-0.25, -0.2) is 4.99 Å². The lowest BCUT2D eigenvalue weighted by atomic mass is 9.87. The maximum absolute atomic E-state index is 5.63. The number of nitrogens with one attached hydrogen (secondary N) is 1. The minimum atomic E-state index is 0.311. The van der Waals surface area contributed by atoms with Crippen LogP contribution in [-0.4, -0.2) is 72.2 Å². The van der Waals surface area contributed by atoms with E-state index in [9.17, 15) is 0 Å². The SMILES string of the molecule is COCCNC(=NCc1nnc(C)n1C)N1CCC2(CCOC2)C1. The second-order valence-corrected chi connectivity index (χ2v) is 6.76. The summed E-state index contributed by atoms with van der Waals surface area (Å²) >= 11 is 0. The standard InChI is InChI=1S/C16H28N6O2/c1-13-19-20-14(21(13)2)10-18-15(17-6-9-23-3)22-7-4-16(11-22)5-8-24-12-16/h4-12H2,1-3H3,(H,17,18). The highest BCUT2D eigenvalue weighted by Crippen LogP contribution is 2.38. The molecule has 24 heavy (non-hydrogen) atoms. The Morgan fingerprint density at radius 3 is 2.96 bits per heavy atom. The van der Waals surface area contributed by atoms with Crippen molar-refractivity contribution in [3.63, 3.8) is 0 Å². The number of aryl methyl sites for hydroxylation is 1. The zero-order valence-corrected chi connectivity index (χ0v) is 14.9.